The van der Waals surface area contributed by atoms with Gasteiger partial charge in [0.15, 0.2) is 11.3 Å². The van der Waals surface area contributed by atoms with Crippen LogP contribution in [0.5, 0.6) is 0 Å². The molecule has 0 amide bonds. The number of morpholine rings is 1. The highest BCUT2D eigenvalue weighted by atomic mass is 32.2. The summed E-state index contributed by atoms with van der Waals surface area (Å²) >= 11 is 0. The van der Waals surface area contributed by atoms with Crippen molar-refractivity contribution in [1.29, 1.82) is 0 Å². The van der Waals surface area contributed by atoms with Gasteiger partial charge in [-0.25, -0.2) is 13.4 Å². The molecule has 0 spiro atoms. The number of rotatable bonds is 17. The average Bonchev–Trinajstić information content (AvgIpc) is 3.71. The van der Waals surface area contributed by atoms with Crippen LogP contribution in [0.1, 0.15) is 116 Å². The summed E-state index contributed by atoms with van der Waals surface area (Å²) in [7, 11) is -3.59. The number of hydrogen-bond acceptors (Lipinski definition) is 8. The minimum absolute atomic E-state index is 0.108. The van der Waals surface area contributed by atoms with E-state index < -0.39 is 15.6 Å². The smallest absolute Gasteiger partial charge is 0.217 e. The molecule has 1 saturated heterocycles. The van der Waals surface area contributed by atoms with Crippen molar-refractivity contribution in [3.8, 4) is 0 Å². The second-order valence-corrected chi connectivity index (χ2v) is 16.4. The van der Waals surface area contributed by atoms with Crippen molar-refractivity contribution in [2.75, 3.05) is 38.7 Å². The third-order valence-corrected chi connectivity index (χ3v) is 11.4. The molecule has 1 saturated carbocycles. The van der Waals surface area contributed by atoms with Gasteiger partial charge in [-0.3, -0.25) is 4.40 Å². The first kappa shape index (κ1) is 34.2. The lowest BCUT2D eigenvalue weighted by molar-refractivity contribution is 0.0593. The molecule has 11 nitrogen and oxygen atoms in total. The molecule has 252 valence electrons. The van der Waals surface area contributed by atoms with Gasteiger partial charge in [-0.15, -0.1) is 10.2 Å². The third-order valence-electron chi connectivity index (χ3n) is 9.38. The fourth-order valence-electron chi connectivity index (χ4n) is 6.87. The van der Waals surface area contributed by atoms with Crippen LogP contribution < -0.4 is 0 Å². The van der Waals surface area contributed by atoms with Crippen molar-refractivity contribution < 1.29 is 23.0 Å². The number of nitrogens with zero attached hydrogens (tertiary/aromatic N) is 6. The van der Waals surface area contributed by atoms with Crippen LogP contribution in [0.2, 0.25) is 0 Å². The van der Waals surface area contributed by atoms with Crippen molar-refractivity contribution in [3.05, 3.63) is 24.3 Å². The Balaban J connectivity index is 1.07. The van der Waals surface area contributed by atoms with E-state index in [1.54, 1.807) is 6.20 Å². The summed E-state index contributed by atoms with van der Waals surface area (Å²) in [5.41, 5.74) is 1.47. The second-order valence-electron chi connectivity index (χ2n) is 14.5. The van der Waals surface area contributed by atoms with Crippen LogP contribution in [-0.4, -0.2) is 86.2 Å². The Morgan fingerprint density at radius 3 is 2.42 bits per heavy atom. The molecule has 2 fully saturated rings. The Labute approximate surface area is 268 Å². The lowest BCUT2D eigenvalue weighted by atomic mass is 9.89. The van der Waals surface area contributed by atoms with Crippen molar-refractivity contribution in [3.63, 3.8) is 0 Å². The van der Waals surface area contributed by atoms with Crippen LogP contribution in [0.4, 0.5) is 0 Å². The predicted octanol–water partition coefficient (Wildman–Crippen LogP) is 5.66. The van der Waals surface area contributed by atoms with Crippen LogP contribution in [0.25, 0.3) is 16.8 Å². The molecule has 4 heterocycles. The van der Waals surface area contributed by atoms with E-state index >= 15 is 0 Å². The van der Waals surface area contributed by atoms with Crippen LogP contribution >= 0.6 is 0 Å². The largest absolute Gasteiger partial charge is 0.389 e. The van der Waals surface area contributed by atoms with E-state index in [-0.39, 0.29) is 11.7 Å². The van der Waals surface area contributed by atoms with Gasteiger partial charge in [0, 0.05) is 31.8 Å². The minimum atomic E-state index is -3.59. The number of sulfonamides is 1. The normalized spacial score (nSPS) is 21.8. The highest BCUT2D eigenvalue weighted by Gasteiger charge is 2.44. The first-order valence-corrected chi connectivity index (χ1v) is 18.7. The first-order valence-electron chi connectivity index (χ1n) is 17.1. The van der Waals surface area contributed by atoms with Crippen LogP contribution in [0.15, 0.2) is 18.5 Å². The number of aromatic nitrogens is 5. The van der Waals surface area contributed by atoms with Gasteiger partial charge in [0.05, 0.1) is 36.3 Å². The summed E-state index contributed by atoms with van der Waals surface area (Å²) in [6, 6.07) is 2.00. The van der Waals surface area contributed by atoms with E-state index in [4.69, 9.17) is 9.47 Å². The van der Waals surface area contributed by atoms with Gasteiger partial charge < -0.3 is 19.1 Å². The molecule has 5 rings (SSSR count). The number of ether oxygens (including phenoxy) is 2. The molecule has 3 aromatic rings. The van der Waals surface area contributed by atoms with Crippen LogP contribution in [0, 0.1) is 5.41 Å². The molecule has 45 heavy (non-hydrogen) atoms. The zero-order valence-corrected chi connectivity index (χ0v) is 28.4. The van der Waals surface area contributed by atoms with E-state index in [1.165, 1.54) is 62.1 Å². The molecule has 0 bridgehead atoms. The van der Waals surface area contributed by atoms with E-state index in [0.29, 0.717) is 63.4 Å². The summed E-state index contributed by atoms with van der Waals surface area (Å²) in [4.78, 5) is 4.64. The van der Waals surface area contributed by atoms with Crippen LogP contribution in [0.3, 0.4) is 0 Å². The Bertz CT molecular complexity index is 1480. The molecule has 2 atom stereocenters. The lowest BCUT2D eigenvalue weighted by Gasteiger charge is -2.30. The maximum atomic E-state index is 13.0. The van der Waals surface area contributed by atoms with Gasteiger partial charge in [0.1, 0.15) is 12.6 Å². The summed E-state index contributed by atoms with van der Waals surface area (Å²) in [5, 5.41) is 20.2. The molecule has 0 radical (unpaired) electrons. The molecule has 2 unspecified atom stereocenters. The Hall–Kier alpha value is -2.12. The Kier molecular flexibility index (Phi) is 11.6. The first-order chi connectivity index (χ1) is 21.5. The zero-order valence-electron chi connectivity index (χ0n) is 27.6. The van der Waals surface area contributed by atoms with Gasteiger partial charge in [-0.2, -0.15) is 4.31 Å². The van der Waals surface area contributed by atoms with E-state index in [1.807, 2.05) is 21.2 Å². The topological polar surface area (TPSA) is 124 Å². The molecular weight excluding hydrogens is 592 g/mol. The quantitative estimate of drug-likeness (QED) is 0.186. The fraction of sp³-hybridized carbons (Fsp3) is 0.788. The summed E-state index contributed by atoms with van der Waals surface area (Å²) in [5.74, 6) is 0.347. The van der Waals surface area contributed by atoms with Crippen LogP contribution in [-0.2, 0) is 26.2 Å². The minimum Gasteiger partial charge on any atom is -0.389 e. The van der Waals surface area contributed by atoms with Crippen molar-refractivity contribution in [1.82, 2.24) is 28.5 Å². The monoisotopic (exact) mass is 646 g/mol. The highest BCUT2D eigenvalue weighted by Crippen LogP contribution is 2.42. The number of aliphatic hydroxyl groups is 1. The van der Waals surface area contributed by atoms with Gasteiger partial charge in [0.25, 0.3) is 0 Å². The molecule has 1 aliphatic carbocycles. The molecule has 0 aromatic carbocycles. The van der Waals surface area contributed by atoms with Gasteiger partial charge in [0.2, 0.25) is 10.0 Å². The Morgan fingerprint density at radius 2 is 1.71 bits per heavy atom. The van der Waals surface area contributed by atoms with Crippen molar-refractivity contribution in [2.45, 2.75) is 122 Å². The number of hydrogen-bond donors (Lipinski definition) is 1. The average molecular weight is 647 g/mol. The fourth-order valence-corrected chi connectivity index (χ4v) is 8.70. The van der Waals surface area contributed by atoms with Gasteiger partial charge in [-0.1, -0.05) is 72.1 Å². The third kappa shape index (κ3) is 9.24. The molecule has 2 aliphatic rings. The standard InChI is InChI=1S/C33H54N6O5S/c1-32(2,3)15-11-9-7-5-4-6-8-10-12-20-44-26-37-17-14-28-31(37)34-24-29-35-36-30(39(28)29)27-13-16-33(40,23-27)25-45(41,42)38-18-21-43-22-19-38/h14,17,24,27,40H,4-13,15-16,18-23,25-26H2,1-3H3. The predicted molar refractivity (Wildman–Crippen MR) is 176 cm³/mol. The lowest BCUT2D eigenvalue weighted by Crippen LogP contribution is -2.46. The molecular formula is C33H54N6O5S. The van der Waals surface area contributed by atoms with Gasteiger partial charge in [-0.05, 0) is 43.6 Å². The summed E-state index contributed by atoms with van der Waals surface area (Å²) < 4.78 is 42.8. The summed E-state index contributed by atoms with van der Waals surface area (Å²) in [6.45, 7) is 9.57. The van der Waals surface area contributed by atoms with Gasteiger partial charge >= 0.3 is 0 Å². The van der Waals surface area contributed by atoms with E-state index in [2.05, 4.69) is 36.0 Å². The molecule has 1 aliphatic heterocycles. The van der Waals surface area contributed by atoms with Crippen molar-refractivity contribution in [2.24, 2.45) is 5.41 Å². The Morgan fingerprint density at radius 1 is 1.02 bits per heavy atom. The SMILES string of the molecule is CC(C)(C)CCCCCCCCCCCOCn1ccc2c1ncc1nnc(C3CCC(O)(CS(=O)(=O)N4CCOCC4)C3)n12. The highest BCUT2D eigenvalue weighted by molar-refractivity contribution is 7.89. The maximum absolute atomic E-state index is 13.0. The molecule has 3 aromatic heterocycles. The van der Waals surface area contributed by atoms with Crippen molar-refractivity contribution >= 4 is 26.8 Å². The number of fused-ring (bicyclic) bond motifs is 3. The summed E-state index contributed by atoms with van der Waals surface area (Å²) in [6.07, 6.45) is 18.0. The molecule has 12 heteroatoms. The maximum Gasteiger partial charge on any atom is 0.217 e. The van der Waals surface area contributed by atoms with E-state index in [9.17, 15) is 13.5 Å². The second kappa shape index (κ2) is 15.2. The van der Waals surface area contributed by atoms with E-state index in [0.717, 1.165) is 30.0 Å². The molecule has 1 N–H and O–H groups in total. The zero-order chi connectivity index (χ0) is 31.9. The number of unbranched alkanes of at least 4 members (excludes halogenated alkanes) is 8.